The van der Waals surface area contributed by atoms with Gasteiger partial charge in [-0.05, 0) is 74.2 Å². The summed E-state index contributed by atoms with van der Waals surface area (Å²) in [7, 11) is 3.14. The highest BCUT2D eigenvalue weighted by Crippen LogP contribution is 2.40. The molecule has 0 saturated carbocycles. The van der Waals surface area contributed by atoms with Gasteiger partial charge in [-0.1, -0.05) is 41.4 Å². The number of benzene rings is 2. The minimum Gasteiger partial charge on any atom is -0.496 e. The molecule has 0 amide bonds. The summed E-state index contributed by atoms with van der Waals surface area (Å²) in [6.45, 7) is 6.59. The molecule has 8 nitrogen and oxygen atoms in total. The zero-order valence-electron chi connectivity index (χ0n) is 23.6. The Hall–Kier alpha value is -3.59. The molecule has 2 aromatic carbocycles. The number of aromatic nitrogens is 3. The van der Waals surface area contributed by atoms with Crippen LogP contribution in [0.3, 0.4) is 0 Å². The molecule has 0 aliphatic heterocycles. The second-order valence-corrected chi connectivity index (χ2v) is 10.9. The van der Waals surface area contributed by atoms with Crippen molar-refractivity contribution in [3.8, 4) is 17.1 Å². The zero-order chi connectivity index (χ0) is 29.8. The maximum Gasteiger partial charge on any atom is 0.356 e. The first-order valence-electron chi connectivity index (χ1n) is 13.2. The summed E-state index contributed by atoms with van der Waals surface area (Å²) < 4.78 is 14.3. The van der Waals surface area contributed by atoms with Crippen molar-refractivity contribution in [3.05, 3.63) is 103 Å². The maximum atomic E-state index is 12.8. The van der Waals surface area contributed by atoms with Gasteiger partial charge in [0.15, 0.2) is 5.69 Å². The number of methoxy groups -OCH3 is 2. The van der Waals surface area contributed by atoms with Gasteiger partial charge in [-0.3, -0.25) is 4.79 Å². The summed E-state index contributed by atoms with van der Waals surface area (Å²) in [5, 5.41) is 11.1. The van der Waals surface area contributed by atoms with Crippen LogP contribution in [0.1, 0.15) is 58.7 Å². The standard InChI is InChI=1S/C31H33Cl2N3O5/c1-18(2)36-28(27(31(38)39)34-29(36)23-8-6-7-9-26(23)41-5)24(22-11-10-21(32)14-19(22)3)15-20-16-25(33)30(37)35(17-20)12-13-40-4/h6-11,14,16-18,24H,12-13,15H2,1-5H3,(H,38,39). The van der Waals surface area contributed by atoms with Gasteiger partial charge in [0, 0.05) is 36.8 Å². The second-order valence-electron chi connectivity index (χ2n) is 10.1. The van der Waals surface area contributed by atoms with E-state index < -0.39 is 11.9 Å². The number of nitrogens with zero attached hydrogens (tertiary/aromatic N) is 3. The van der Waals surface area contributed by atoms with Crippen LogP contribution in [-0.2, 0) is 17.7 Å². The summed E-state index contributed by atoms with van der Waals surface area (Å²) >= 11 is 12.7. The summed E-state index contributed by atoms with van der Waals surface area (Å²) in [5.74, 6) is -0.542. The van der Waals surface area contributed by atoms with Gasteiger partial charge in [0.2, 0.25) is 0 Å². The molecule has 0 fully saturated rings. The minimum absolute atomic E-state index is 0.0576. The first-order chi connectivity index (χ1) is 19.6. The Morgan fingerprint density at radius 1 is 1.10 bits per heavy atom. The lowest BCUT2D eigenvalue weighted by atomic mass is 9.85. The minimum atomic E-state index is -1.14. The van der Waals surface area contributed by atoms with E-state index in [2.05, 4.69) is 0 Å². The second kappa shape index (κ2) is 12.9. The van der Waals surface area contributed by atoms with E-state index in [1.165, 1.54) is 4.57 Å². The normalized spacial score (nSPS) is 12.1. The highest BCUT2D eigenvalue weighted by molar-refractivity contribution is 6.30. The molecular formula is C31H33Cl2N3O5. The van der Waals surface area contributed by atoms with Crippen molar-refractivity contribution in [2.24, 2.45) is 0 Å². The third-order valence-electron chi connectivity index (χ3n) is 7.03. The molecule has 1 N–H and O–H groups in total. The van der Waals surface area contributed by atoms with Crippen LogP contribution in [0.4, 0.5) is 0 Å². The van der Waals surface area contributed by atoms with Crippen molar-refractivity contribution >= 4 is 29.2 Å². The molecule has 0 aliphatic carbocycles. The van der Waals surface area contributed by atoms with Crippen molar-refractivity contribution in [1.82, 2.24) is 14.1 Å². The fourth-order valence-corrected chi connectivity index (χ4v) is 5.70. The number of rotatable bonds is 11. The number of ether oxygens (including phenoxy) is 2. The number of halogens is 2. The maximum absolute atomic E-state index is 12.8. The molecule has 1 unspecified atom stereocenters. The predicted octanol–water partition coefficient (Wildman–Crippen LogP) is 6.64. The number of hydrogen-bond donors (Lipinski definition) is 1. The van der Waals surface area contributed by atoms with E-state index in [9.17, 15) is 14.7 Å². The van der Waals surface area contributed by atoms with Gasteiger partial charge >= 0.3 is 5.97 Å². The molecule has 10 heteroatoms. The number of carboxylic acids is 1. The molecular weight excluding hydrogens is 565 g/mol. The summed E-state index contributed by atoms with van der Waals surface area (Å²) in [6.07, 6.45) is 2.10. The van der Waals surface area contributed by atoms with Crippen LogP contribution in [0.15, 0.2) is 59.5 Å². The highest BCUT2D eigenvalue weighted by atomic mass is 35.5. The van der Waals surface area contributed by atoms with E-state index in [-0.39, 0.29) is 22.3 Å². The van der Waals surface area contributed by atoms with Gasteiger partial charge in [0.25, 0.3) is 5.56 Å². The zero-order valence-corrected chi connectivity index (χ0v) is 25.2. The number of carbonyl (C=O) groups is 1. The van der Waals surface area contributed by atoms with Gasteiger partial charge in [-0.2, -0.15) is 0 Å². The smallest absolute Gasteiger partial charge is 0.356 e. The number of hydrogen-bond acceptors (Lipinski definition) is 5. The Morgan fingerprint density at radius 2 is 1.83 bits per heavy atom. The average molecular weight is 599 g/mol. The van der Waals surface area contributed by atoms with Crippen molar-refractivity contribution in [2.45, 2.75) is 45.7 Å². The summed E-state index contributed by atoms with van der Waals surface area (Å²) in [5.41, 5.74) is 3.38. The first kappa shape index (κ1) is 30.4. The molecule has 0 radical (unpaired) electrons. The molecule has 0 spiro atoms. The Kier molecular flexibility index (Phi) is 9.58. The number of aromatic carboxylic acids is 1. The molecule has 4 rings (SSSR count). The summed E-state index contributed by atoms with van der Waals surface area (Å²) in [6, 6.07) is 14.5. The van der Waals surface area contributed by atoms with E-state index in [0.717, 1.165) is 16.7 Å². The van der Waals surface area contributed by atoms with Crippen molar-refractivity contribution in [2.75, 3.05) is 20.8 Å². The van der Waals surface area contributed by atoms with Crippen LogP contribution in [0, 0.1) is 6.92 Å². The highest BCUT2D eigenvalue weighted by Gasteiger charge is 2.32. The van der Waals surface area contributed by atoms with Crippen LogP contribution >= 0.6 is 23.2 Å². The molecule has 0 bridgehead atoms. The van der Waals surface area contributed by atoms with Crippen molar-refractivity contribution in [3.63, 3.8) is 0 Å². The summed E-state index contributed by atoms with van der Waals surface area (Å²) in [4.78, 5) is 30.2. The predicted molar refractivity (Wildman–Crippen MR) is 161 cm³/mol. The number of imidazole rings is 1. The molecule has 0 aliphatic rings. The van der Waals surface area contributed by atoms with E-state index in [1.807, 2.05) is 61.7 Å². The number of pyridine rings is 1. The molecule has 0 saturated heterocycles. The van der Waals surface area contributed by atoms with E-state index >= 15 is 0 Å². The first-order valence-corrected chi connectivity index (χ1v) is 14.0. The molecule has 4 aromatic rings. The Balaban J connectivity index is 2.02. The Morgan fingerprint density at radius 3 is 2.46 bits per heavy atom. The van der Waals surface area contributed by atoms with Crippen LogP contribution in [-0.4, -0.2) is 46.0 Å². The number of aryl methyl sites for hydroxylation is 1. The Bertz CT molecular complexity index is 1630. The Labute approximate surface area is 249 Å². The number of para-hydroxylation sites is 1. The molecule has 41 heavy (non-hydrogen) atoms. The van der Waals surface area contributed by atoms with E-state index in [4.69, 9.17) is 37.7 Å². The van der Waals surface area contributed by atoms with Gasteiger partial charge in [-0.25, -0.2) is 9.78 Å². The van der Waals surface area contributed by atoms with Crippen LogP contribution in [0.5, 0.6) is 5.75 Å². The monoisotopic (exact) mass is 597 g/mol. The van der Waals surface area contributed by atoms with Crippen molar-refractivity contribution in [1.29, 1.82) is 0 Å². The topological polar surface area (TPSA) is 95.6 Å². The molecule has 1 atom stereocenters. The van der Waals surface area contributed by atoms with Crippen LogP contribution in [0.25, 0.3) is 11.4 Å². The fourth-order valence-electron chi connectivity index (χ4n) is 5.22. The lowest BCUT2D eigenvalue weighted by Crippen LogP contribution is -2.24. The van der Waals surface area contributed by atoms with E-state index in [1.54, 1.807) is 32.5 Å². The lowest BCUT2D eigenvalue weighted by molar-refractivity contribution is 0.0689. The van der Waals surface area contributed by atoms with Gasteiger partial charge in [0.1, 0.15) is 16.6 Å². The van der Waals surface area contributed by atoms with Gasteiger partial charge in [-0.15, -0.1) is 0 Å². The number of carboxylic acid groups (broad SMARTS) is 1. The van der Waals surface area contributed by atoms with Crippen LogP contribution in [0.2, 0.25) is 10.0 Å². The van der Waals surface area contributed by atoms with Gasteiger partial charge < -0.3 is 23.7 Å². The molecule has 2 heterocycles. The SMILES string of the molecule is COCCn1cc(CC(c2ccc(Cl)cc2C)c2c(C(=O)O)nc(-c3ccccc3OC)n2C(C)C)cc(Cl)c1=O. The van der Waals surface area contributed by atoms with E-state index in [0.29, 0.717) is 47.4 Å². The largest absolute Gasteiger partial charge is 0.496 e. The molecule has 2 aromatic heterocycles. The third kappa shape index (κ3) is 6.35. The van der Waals surface area contributed by atoms with Crippen LogP contribution < -0.4 is 10.3 Å². The van der Waals surface area contributed by atoms with Crippen molar-refractivity contribution < 1.29 is 19.4 Å². The molecule has 216 valence electrons. The van der Waals surface area contributed by atoms with Gasteiger partial charge in [0.05, 0.1) is 25.0 Å². The third-order valence-corrected chi connectivity index (χ3v) is 7.53. The fraction of sp³-hybridized carbons (Fsp3) is 0.323. The quantitative estimate of drug-likeness (QED) is 0.208. The average Bonchev–Trinajstić information content (AvgIpc) is 3.34. The lowest BCUT2D eigenvalue weighted by Gasteiger charge is -2.25.